The first-order chi connectivity index (χ1) is 10.1. The van der Waals surface area contributed by atoms with Crippen molar-refractivity contribution in [3.8, 4) is 11.8 Å². The van der Waals surface area contributed by atoms with Crippen LogP contribution in [-0.2, 0) is 0 Å². The van der Waals surface area contributed by atoms with E-state index in [1.165, 1.54) is 0 Å². The zero-order valence-electron chi connectivity index (χ0n) is 12.4. The van der Waals surface area contributed by atoms with Crippen LogP contribution in [0, 0.1) is 25.2 Å². The molecule has 2 rings (SSSR count). The van der Waals surface area contributed by atoms with E-state index in [0.29, 0.717) is 16.9 Å². The molecular weight excluding hydrogens is 262 g/mol. The molecule has 2 aromatic rings. The van der Waals surface area contributed by atoms with Crippen LogP contribution in [0.1, 0.15) is 33.0 Å². The first kappa shape index (κ1) is 14.8. The van der Waals surface area contributed by atoms with Gasteiger partial charge in [0.1, 0.15) is 11.7 Å². The summed E-state index contributed by atoms with van der Waals surface area (Å²) in [4.78, 5) is 12.6. The highest BCUT2D eigenvalue weighted by Gasteiger charge is 2.22. The van der Waals surface area contributed by atoms with Gasteiger partial charge in [0.05, 0.1) is 13.2 Å². The first-order valence-corrected chi connectivity index (χ1v) is 6.72. The molecule has 1 atom stereocenters. The van der Waals surface area contributed by atoms with Crippen molar-refractivity contribution in [2.24, 2.45) is 0 Å². The van der Waals surface area contributed by atoms with Gasteiger partial charge in [-0.2, -0.15) is 5.26 Å². The lowest BCUT2D eigenvalue weighted by Crippen LogP contribution is -2.11. The van der Waals surface area contributed by atoms with Crippen LogP contribution in [0.2, 0.25) is 0 Å². The van der Waals surface area contributed by atoms with Crippen molar-refractivity contribution in [2.75, 3.05) is 7.11 Å². The Hall–Kier alpha value is -2.60. The van der Waals surface area contributed by atoms with E-state index in [-0.39, 0.29) is 5.78 Å². The van der Waals surface area contributed by atoms with Crippen LogP contribution < -0.4 is 4.74 Å². The van der Waals surface area contributed by atoms with E-state index >= 15 is 0 Å². The van der Waals surface area contributed by atoms with Gasteiger partial charge in [0.15, 0.2) is 5.78 Å². The third kappa shape index (κ3) is 3.11. The average molecular weight is 279 g/mol. The largest absolute Gasteiger partial charge is 0.496 e. The predicted molar refractivity (Wildman–Crippen MR) is 81.6 cm³/mol. The van der Waals surface area contributed by atoms with Gasteiger partial charge in [-0.3, -0.25) is 4.79 Å². The number of rotatable bonds is 4. The maximum atomic E-state index is 12.6. The molecule has 0 fully saturated rings. The van der Waals surface area contributed by atoms with Gasteiger partial charge in [-0.1, -0.05) is 42.0 Å². The van der Waals surface area contributed by atoms with Crippen LogP contribution in [0.3, 0.4) is 0 Å². The quantitative estimate of drug-likeness (QED) is 0.800. The monoisotopic (exact) mass is 279 g/mol. The van der Waals surface area contributed by atoms with Crippen LogP contribution >= 0.6 is 0 Å². The molecule has 2 aromatic carbocycles. The number of nitriles is 1. The Balaban J connectivity index is 2.37. The van der Waals surface area contributed by atoms with Crippen molar-refractivity contribution in [1.29, 1.82) is 5.26 Å². The molecule has 0 spiro atoms. The lowest BCUT2D eigenvalue weighted by atomic mass is 9.91. The number of carbonyl (C=O) groups excluding carboxylic acids is 1. The fourth-order valence-electron chi connectivity index (χ4n) is 2.18. The maximum Gasteiger partial charge on any atom is 0.184 e. The number of ether oxygens (including phenoxy) is 1. The minimum Gasteiger partial charge on any atom is -0.496 e. The van der Waals surface area contributed by atoms with Gasteiger partial charge in [0.2, 0.25) is 0 Å². The first-order valence-electron chi connectivity index (χ1n) is 6.72. The number of nitrogens with zero attached hydrogens (tertiary/aromatic N) is 1. The highest BCUT2D eigenvalue weighted by atomic mass is 16.5. The summed E-state index contributed by atoms with van der Waals surface area (Å²) in [5.74, 6) is -0.348. The van der Waals surface area contributed by atoms with Crippen LogP contribution in [0.4, 0.5) is 0 Å². The molecule has 3 heteroatoms. The van der Waals surface area contributed by atoms with Crippen molar-refractivity contribution < 1.29 is 9.53 Å². The number of hydrogen-bond acceptors (Lipinski definition) is 3. The van der Waals surface area contributed by atoms with Gasteiger partial charge < -0.3 is 4.74 Å². The summed E-state index contributed by atoms with van der Waals surface area (Å²) in [6.45, 7) is 3.88. The summed E-state index contributed by atoms with van der Waals surface area (Å²) in [7, 11) is 1.57. The van der Waals surface area contributed by atoms with Crippen LogP contribution in [0.25, 0.3) is 0 Å². The number of hydrogen-bond donors (Lipinski definition) is 0. The van der Waals surface area contributed by atoms with E-state index in [2.05, 4.69) is 6.07 Å². The zero-order chi connectivity index (χ0) is 15.4. The van der Waals surface area contributed by atoms with E-state index in [1.54, 1.807) is 19.2 Å². The van der Waals surface area contributed by atoms with Crippen molar-refractivity contribution >= 4 is 5.78 Å². The Morgan fingerprint density at radius 2 is 1.81 bits per heavy atom. The van der Waals surface area contributed by atoms with Gasteiger partial charge in [0.25, 0.3) is 0 Å². The molecule has 0 aliphatic heterocycles. The van der Waals surface area contributed by atoms with E-state index in [1.807, 2.05) is 44.2 Å². The molecule has 0 saturated heterocycles. The molecule has 1 unspecified atom stereocenters. The van der Waals surface area contributed by atoms with Crippen molar-refractivity contribution in [1.82, 2.24) is 0 Å². The van der Waals surface area contributed by atoms with E-state index in [9.17, 15) is 10.1 Å². The molecule has 0 saturated carbocycles. The topological polar surface area (TPSA) is 50.1 Å². The lowest BCUT2D eigenvalue weighted by molar-refractivity contribution is 0.0978. The highest BCUT2D eigenvalue weighted by Crippen LogP contribution is 2.25. The SMILES string of the molecule is COc1cc(C(=O)C(C#N)c2ccc(C)cc2)ccc1C. The summed E-state index contributed by atoms with van der Waals surface area (Å²) >= 11 is 0. The van der Waals surface area contributed by atoms with E-state index < -0.39 is 5.92 Å². The summed E-state index contributed by atoms with van der Waals surface area (Å²) in [5.41, 5.74) is 3.26. The number of Topliss-reactive ketones (excluding diaryl/α,β-unsaturated/α-hetero) is 1. The Morgan fingerprint density at radius 1 is 1.14 bits per heavy atom. The van der Waals surface area contributed by atoms with Crippen LogP contribution in [0.15, 0.2) is 42.5 Å². The molecule has 0 aromatic heterocycles. The third-order valence-corrected chi connectivity index (χ3v) is 3.49. The maximum absolute atomic E-state index is 12.6. The minimum atomic E-state index is -0.794. The molecule has 106 valence electrons. The molecule has 21 heavy (non-hydrogen) atoms. The number of aryl methyl sites for hydroxylation is 2. The molecule has 0 radical (unpaired) electrons. The molecule has 0 N–H and O–H groups in total. The molecule has 3 nitrogen and oxygen atoms in total. The Labute approximate surface area is 124 Å². The number of ketones is 1. The molecule has 0 bridgehead atoms. The number of benzene rings is 2. The lowest BCUT2D eigenvalue weighted by Gasteiger charge is -2.11. The summed E-state index contributed by atoms with van der Waals surface area (Å²) in [5, 5.41) is 9.36. The second-order valence-corrected chi connectivity index (χ2v) is 5.02. The third-order valence-electron chi connectivity index (χ3n) is 3.49. The Bertz CT molecular complexity index is 696. The molecular formula is C18H17NO2. The van der Waals surface area contributed by atoms with Crippen LogP contribution in [-0.4, -0.2) is 12.9 Å². The van der Waals surface area contributed by atoms with Crippen molar-refractivity contribution in [3.05, 3.63) is 64.7 Å². The fourth-order valence-corrected chi connectivity index (χ4v) is 2.18. The summed E-state index contributed by atoms with van der Waals surface area (Å²) in [6, 6.07) is 14.8. The molecule has 0 aliphatic carbocycles. The smallest absolute Gasteiger partial charge is 0.184 e. The van der Waals surface area contributed by atoms with Crippen LogP contribution in [0.5, 0.6) is 5.75 Å². The fraction of sp³-hybridized carbons (Fsp3) is 0.222. The molecule has 0 aliphatic rings. The normalized spacial score (nSPS) is 11.5. The summed E-state index contributed by atoms with van der Waals surface area (Å²) in [6.07, 6.45) is 0. The van der Waals surface area contributed by atoms with Gasteiger partial charge >= 0.3 is 0 Å². The van der Waals surface area contributed by atoms with Gasteiger partial charge in [0, 0.05) is 5.56 Å². The van der Waals surface area contributed by atoms with Gasteiger partial charge in [-0.15, -0.1) is 0 Å². The number of carbonyl (C=O) groups is 1. The molecule has 0 heterocycles. The summed E-state index contributed by atoms with van der Waals surface area (Å²) < 4.78 is 5.24. The molecule has 0 amide bonds. The predicted octanol–water partition coefficient (Wildman–Crippen LogP) is 3.80. The van der Waals surface area contributed by atoms with E-state index in [4.69, 9.17) is 4.74 Å². The number of methoxy groups -OCH3 is 1. The van der Waals surface area contributed by atoms with Gasteiger partial charge in [-0.05, 0) is 31.0 Å². The minimum absolute atomic E-state index is 0.209. The van der Waals surface area contributed by atoms with Crippen molar-refractivity contribution in [2.45, 2.75) is 19.8 Å². The zero-order valence-corrected chi connectivity index (χ0v) is 12.4. The van der Waals surface area contributed by atoms with Gasteiger partial charge in [-0.25, -0.2) is 0 Å². The second-order valence-electron chi connectivity index (χ2n) is 5.02. The standard InChI is InChI=1S/C18H17NO2/c1-12-4-7-14(8-5-12)16(11-19)18(20)15-9-6-13(2)17(10-15)21-3/h4-10,16H,1-3H3. The highest BCUT2D eigenvalue weighted by molar-refractivity contribution is 6.03. The average Bonchev–Trinajstić information content (AvgIpc) is 2.50. The Kier molecular flexibility index (Phi) is 4.39. The van der Waals surface area contributed by atoms with Crippen molar-refractivity contribution in [3.63, 3.8) is 0 Å². The van der Waals surface area contributed by atoms with E-state index in [0.717, 1.165) is 11.1 Å². The Morgan fingerprint density at radius 3 is 2.38 bits per heavy atom. The second kappa shape index (κ2) is 6.23.